The minimum Gasteiger partial charge on any atom is -0.432 e. The van der Waals surface area contributed by atoms with Crippen LogP contribution in [0.5, 0.6) is 5.75 Å². The topological polar surface area (TPSA) is 27.7 Å². The molecule has 0 N–H and O–H groups in total. The predicted octanol–water partition coefficient (Wildman–Crippen LogP) is 11.1. The van der Waals surface area contributed by atoms with Crippen LogP contribution in [0.25, 0.3) is 0 Å². The monoisotopic (exact) mass is 662 g/mol. The van der Waals surface area contributed by atoms with Gasteiger partial charge in [0.25, 0.3) is 0 Å². The number of ether oxygens (including phenoxy) is 3. The summed E-state index contributed by atoms with van der Waals surface area (Å²) in [6, 6.07) is 5.51. The highest BCUT2D eigenvalue weighted by Crippen LogP contribution is 2.47. The van der Waals surface area contributed by atoms with Crippen LogP contribution in [0.15, 0.2) is 30.3 Å². The van der Waals surface area contributed by atoms with E-state index < -0.39 is 47.4 Å². The van der Waals surface area contributed by atoms with E-state index in [1.54, 1.807) is 0 Å². The van der Waals surface area contributed by atoms with Crippen molar-refractivity contribution in [3.8, 4) is 5.75 Å². The van der Waals surface area contributed by atoms with Gasteiger partial charge in [0.1, 0.15) is 28.8 Å². The molecular formula is C35H42F8O3. The molecule has 46 heavy (non-hydrogen) atoms. The van der Waals surface area contributed by atoms with Gasteiger partial charge in [-0.1, -0.05) is 38.3 Å². The molecule has 0 bridgehead atoms. The van der Waals surface area contributed by atoms with Crippen LogP contribution in [-0.4, -0.2) is 19.3 Å². The lowest BCUT2D eigenvalue weighted by Gasteiger charge is -2.39. The lowest BCUT2D eigenvalue weighted by atomic mass is 9.68. The summed E-state index contributed by atoms with van der Waals surface area (Å²) in [6.07, 6.45) is -0.545. The van der Waals surface area contributed by atoms with E-state index in [2.05, 4.69) is 11.7 Å². The van der Waals surface area contributed by atoms with Crippen LogP contribution in [0.4, 0.5) is 35.1 Å². The third kappa shape index (κ3) is 8.35. The van der Waals surface area contributed by atoms with Crippen molar-refractivity contribution in [3.05, 3.63) is 64.5 Å². The van der Waals surface area contributed by atoms with Gasteiger partial charge in [-0.3, -0.25) is 0 Å². The van der Waals surface area contributed by atoms with Crippen LogP contribution in [0, 0.1) is 41.1 Å². The average molecular weight is 663 g/mol. The molecule has 11 heteroatoms. The predicted molar refractivity (Wildman–Crippen MR) is 156 cm³/mol. The van der Waals surface area contributed by atoms with E-state index in [0.717, 1.165) is 44.9 Å². The second-order valence-electron chi connectivity index (χ2n) is 13.3. The summed E-state index contributed by atoms with van der Waals surface area (Å²) in [7, 11) is 0. The van der Waals surface area contributed by atoms with Crippen LogP contribution in [0.1, 0.15) is 113 Å². The van der Waals surface area contributed by atoms with E-state index in [9.17, 15) is 30.7 Å². The maximum Gasteiger partial charge on any atom is 0.422 e. The Morgan fingerprint density at radius 1 is 0.739 bits per heavy atom. The lowest BCUT2D eigenvalue weighted by Crippen LogP contribution is -2.38. The van der Waals surface area contributed by atoms with Crippen molar-refractivity contribution < 1.29 is 49.3 Å². The molecule has 0 spiro atoms. The minimum absolute atomic E-state index is 0.0695. The molecule has 0 aromatic heterocycles. The van der Waals surface area contributed by atoms with Gasteiger partial charge >= 0.3 is 12.3 Å². The van der Waals surface area contributed by atoms with Gasteiger partial charge in [0, 0.05) is 23.6 Å². The average Bonchev–Trinajstić information content (AvgIpc) is 3.00. The van der Waals surface area contributed by atoms with Crippen molar-refractivity contribution in [2.24, 2.45) is 23.7 Å². The smallest absolute Gasteiger partial charge is 0.422 e. The number of unbranched alkanes of at least 4 members (excludes halogenated alkanes) is 2. The summed E-state index contributed by atoms with van der Waals surface area (Å²) in [5, 5.41) is 0. The summed E-state index contributed by atoms with van der Waals surface area (Å²) in [5.41, 5.74) is -0.798. The van der Waals surface area contributed by atoms with Crippen molar-refractivity contribution in [1.82, 2.24) is 0 Å². The normalized spacial score (nSPS) is 27.8. The fraction of sp³-hybridized carbons (Fsp3) is 0.657. The molecule has 1 heterocycles. The van der Waals surface area contributed by atoms with Gasteiger partial charge in [-0.25, -0.2) is 13.2 Å². The van der Waals surface area contributed by atoms with Crippen molar-refractivity contribution in [2.45, 2.75) is 108 Å². The second kappa shape index (κ2) is 14.8. The maximum absolute atomic E-state index is 15.3. The lowest BCUT2D eigenvalue weighted by molar-refractivity contribution is -0.224. The summed E-state index contributed by atoms with van der Waals surface area (Å²) in [6.45, 7) is 3.38. The number of alkyl halides is 5. The van der Waals surface area contributed by atoms with Gasteiger partial charge < -0.3 is 14.2 Å². The van der Waals surface area contributed by atoms with Crippen LogP contribution in [0.3, 0.4) is 0 Å². The van der Waals surface area contributed by atoms with Gasteiger partial charge in [-0.05, 0) is 87.2 Å². The Bertz CT molecular complexity index is 1270. The van der Waals surface area contributed by atoms with E-state index in [-0.39, 0.29) is 42.6 Å². The van der Waals surface area contributed by atoms with Gasteiger partial charge in [0.15, 0.2) is 6.29 Å². The molecular weight excluding hydrogens is 620 g/mol. The minimum atomic E-state index is -5.30. The van der Waals surface area contributed by atoms with Gasteiger partial charge in [-0.15, -0.1) is 0 Å². The van der Waals surface area contributed by atoms with Crippen molar-refractivity contribution in [2.75, 3.05) is 13.2 Å². The first-order valence-electron chi connectivity index (χ1n) is 16.5. The molecule has 1 saturated heterocycles. The molecule has 3 fully saturated rings. The largest absolute Gasteiger partial charge is 0.432 e. The zero-order chi connectivity index (χ0) is 33.1. The van der Waals surface area contributed by atoms with Crippen LogP contribution in [0.2, 0.25) is 0 Å². The van der Waals surface area contributed by atoms with Crippen molar-refractivity contribution in [3.63, 3.8) is 0 Å². The first-order chi connectivity index (χ1) is 21.9. The molecule has 5 rings (SSSR count). The number of halogens is 8. The van der Waals surface area contributed by atoms with E-state index in [0.29, 0.717) is 49.0 Å². The molecule has 3 aliphatic rings. The Balaban J connectivity index is 1.08. The Labute approximate surface area is 265 Å². The number of benzene rings is 2. The molecule has 0 amide bonds. The van der Waals surface area contributed by atoms with E-state index in [1.165, 1.54) is 12.5 Å². The highest BCUT2D eigenvalue weighted by atomic mass is 19.4. The summed E-state index contributed by atoms with van der Waals surface area (Å²) >= 11 is 0. The Morgan fingerprint density at radius 2 is 1.33 bits per heavy atom. The third-order valence-electron chi connectivity index (χ3n) is 10.2. The van der Waals surface area contributed by atoms with Crippen molar-refractivity contribution >= 4 is 0 Å². The Hall–Kier alpha value is -2.40. The molecule has 2 aromatic carbocycles. The van der Waals surface area contributed by atoms with E-state index >= 15 is 4.39 Å². The fourth-order valence-electron chi connectivity index (χ4n) is 7.55. The molecule has 0 atom stereocenters. The van der Waals surface area contributed by atoms with Crippen LogP contribution in [-0.2, 0) is 15.7 Å². The standard InChI is InChI=1S/C35H42F8O3/c1-2-3-4-5-21-19-44-33(45-20-21)25-12-15-28(29(36)16-25)24-8-6-22(7-9-24)23-10-13-26(14-11-23)35(42,43)46-27-17-30(37)32(31(38)18-27)34(39,40)41/h12,15-18,21-24,26,33H,2-11,13-14,19-20H2,1H3. The summed E-state index contributed by atoms with van der Waals surface area (Å²) in [4.78, 5) is 0. The molecule has 1 aliphatic heterocycles. The highest BCUT2D eigenvalue weighted by molar-refractivity contribution is 5.32. The highest BCUT2D eigenvalue weighted by Gasteiger charge is 2.46. The molecule has 2 saturated carbocycles. The third-order valence-corrected chi connectivity index (χ3v) is 10.2. The van der Waals surface area contributed by atoms with E-state index in [4.69, 9.17) is 9.47 Å². The summed E-state index contributed by atoms with van der Waals surface area (Å²) in [5.74, 6) is -5.53. The first-order valence-corrected chi connectivity index (χ1v) is 16.5. The quantitative estimate of drug-likeness (QED) is 0.187. The molecule has 0 unspecified atom stereocenters. The van der Waals surface area contributed by atoms with Gasteiger partial charge in [0.2, 0.25) is 0 Å². The first kappa shape index (κ1) is 34.9. The molecule has 3 nitrogen and oxygen atoms in total. The molecule has 2 aromatic rings. The molecule has 256 valence electrons. The SMILES string of the molecule is CCCCCC1COC(c2ccc(C3CCC(C4CCC(C(F)(F)Oc5cc(F)c(C(F)(F)F)c(F)c5)CC4)CC3)c(F)c2)OC1. The second-order valence-corrected chi connectivity index (χ2v) is 13.3. The van der Waals surface area contributed by atoms with Crippen LogP contribution < -0.4 is 4.74 Å². The molecule has 2 aliphatic carbocycles. The van der Waals surface area contributed by atoms with Gasteiger partial charge in [-0.2, -0.15) is 22.0 Å². The number of hydrogen-bond acceptors (Lipinski definition) is 3. The zero-order valence-corrected chi connectivity index (χ0v) is 26.0. The number of rotatable bonds is 10. The zero-order valence-electron chi connectivity index (χ0n) is 26.0. The van der Waals surface area contributed by atoms with Crippen LogP contribution >= 0.6 is 0 Å². The molecule has 0 radical (unpaired) electrons. The summed E-state index contributed by atoms with van der Waals surface area (Å²) < 4.78 is 128. The fourth-order valence-corrected chi connectivity index (χ4v) is 7.55. The van der Waals surface area contributed by atoms with E-state index in [1.807, 2.05) is 12.1 Å². The maximum atomic E-state index is 15.3. The van der Waals surface area contributed by atoms with Crippen molar-refractivity contribution in [1.29, 1.82) is 0 Å². The van der Waals surface area contributed by atoms with Gasteiger partial charge in [0.05, 0.1) is 19.1 Å². The number of hydrogen-bond donors (Lipinski definition) is 0. The Kier molecular flexibility index (Phi) is 11.2. The Morgan fingerprint density at radius 3 is 1.87 bits per heavy atom.